The summed E-state index contributed by atoms with van der Waals surface area (Å²) in [6.45, 7) is 2.68. The number of pyridine rings is 1. The van der Waals surface area contributed by atoms with Gasteiger partial charge in [-0.15, -0.1) is 0 Å². The molecule has 0 spiro atoms. The molecule has 0 radical (unpaired) electrons. The first-order valence-electron chi connectivity index (χ1n) is 6.64. The number of methoxy groups -OCH3 is 1. The van der Waals surface area contributed by atoms with Crippen LogP contribution in [0.4, 0.5) is 0 Å². The molecule has 20 heavy (non-hydrogen) atoms. The smallest absolute Gasteiger partial charge is 0.137 e. The third kappa shape index (κ3) is 3.48. The van der Waals surface area contributed by atoms with E-state index in [1.807, 2.05) is 37.3 Å². The fourth-order valence-electron chi connectivity index (χ4n) is 1.89. The fraction of sp³-hybridized carbons (Fsp3) is 0.312. The van der Waals surface area contributed by atoms with E-state index in [4.69, 9.17) is 9.47 Å². The van der Waals surface area contributed by atoms with Crippen molar-refractivity contribution in [1.29, 1.82) is 0 Å². The van der Waals surface area contributed by atoms with E-state index in [-0.39, 0.29) is 0 Å². The molecule has 2 rings (SSSR count). The van der Waals surface area contributed by atoms with Crippen LogP contribution in [0.15, 0.2) is 42.7 Å². The molecule has 106 valence electrons. The highest BCUT2D eigenvalue weighted by atomic mass is 16.5. The van der Waals surface area contributed by atoms with Crippen LogP contribution in [0.1, 0.15) is 30.6 Å². The van der Waals surface area contributed by atoms with Crippen molar-refractivity contribution in [2.24, 2.45) is 0 Å². The first kappa shape index (κ1) is 14.3. The molecule has 0 aliphatic rings. The molecule has 1 N–H and O–H groups in total. The van der Waals surface area contributed by atoms with Crippen LogP contribution in [-0.4, -0.2) is 23.8 Å². The quantitative estimate of drug-likeness (QED) is 0.879. The normalized spacial score (nSPS) is 11.9. The van der Waals surface area contributed by atoms with E-state index >= 15 is 0 Å². The summed E-state index contributed by atoms with van der Waals surface area (Å²) in [7, 11) is 1.60. The molecule has 1 aromatic carbocycles. The monoisotopic (exact) mass is 273 g/mol. The van der Waals surface area contributed by atoms with Gasteiger partial charge in [-0.2, -0.15) is 0 Å². The summed E-state index contributed by atoms with van der Waals surface area (Å²) in [5.74, 6) is 1.39. The van der Waals surface area contributed by atoms with E-state index in [2.05, 4.69) is 4.98 Å². The van der Waals surface area contributed by atoms with Gasteiger partial charge < -0.3 is 14.6 Å². The first-order chi connectivity index (χ1) is 9.74. The molecule has 4 heteroatoms. The lowest BCUT2D eigenvalue weighted by atomic mass is 10.0. The van der Waals surface area contributed by atoms with E-state index in [1.54, 1.807) is 19.5 Å². The van der Waals surface area contributed by atoms with Gasteiger partial charge in [0.2, 0.25) is 0 Å². The van der Waals surface area contributed by atoms with Crippen molar-refractivity contribution >= 4 is 0 Å². The lowest BCUT2D eigenvalue weighted by molar-refractivity contribution is 0.218. The third-order valence-corrected chi connectivity index (χ3v) is 2.93. The Morgan fingerprint density at radius 3 is 2.70 bits per heavy atom. The molecule has 0 saturated heterocycles. The molecule has 1 atom stereocenters. The molecule has 0 saturated carbocycles. The Hall–Kier alpha value is -2.07. The maximum atomic E-state index is 10.4. The number of aliphatic hydroxyl groups is 1. The van der Waals surface area contributed by atoms with Crippen LogP contribution in [0.3, 0.4) is 0 Å². The van der Waals surface area contributed by atoms with E-state index in [1.165, 1.54) is 0 Å². The van der Waals surface area contributed by atoms with E-state index < -0.39 is 6.10 Å². The molecular formula is C16H19NO3. The number of aromatic nitrogens is 1. The maximum Gasteiger partial charge on any atom is 0.137 e. The molecule has 0 fully saturated rings. The standard InChI is InChI=1S/C16H19NO3/c1-3-7-20-15-9-13(10-17-11-15)16(18)12-5-4-6-14(8-12)19-2/h4-6,8-11,16,18H,3,7H2,1-2H3. The van der Waals surface area contributed by atoms with Gasteiger partial charge in [-0.25, -0.2) is 0 Å². The summed E-state index contributed by atoms with van der Waals surface area (Å²) in [6, 6.07) is 9.17. The van der Waals surface area contributed by atoms with Gasteiger partial charge in [0, 0.05) is 11.8 Å². The Balaban J connectivity index is 2.21. The average molecular weight is 273 g/mol. The highest BCUT2D eigenvalue weighted by Crippen LogP contribution is 2.26. The molecular weight excluding hydrogens is 254 g/mol. The number of rotatable bonds is 6. The minimum Gasteiger partial charge on any atom is -0.497 e. The molecule has 4 nitrogen and oxygen atoms in total. The van der Waals surface area contributed by atoms with E-state index in [9.17, 15) is 5.11 Å². The Bertz CT molecular complexity index is 557. The van der Waals surface area contributed by atoms with Gasteiger partial charge in [-0.3, -0.25) is 4.98 Å². The van der Waals surface area contributed by atoms with Gasteiger partial charge in [-0.1, -0.05) is 19.1 Å². The van der Waals surface area contributed by atoms with Gasteiger partial charge in [0.15, 0.2) is 0 Å². The molecule has 1 aromatic heterocycles. The highest BCUT2D eigenvalue weighted by Gasteiger charge is 2.12. The number of hydrogen-bond donors (Lipinski definition) is 1. The molecule has 0 aliphatic heterocycles. The van der Waals surface area contributed by atoms with Crippen molar-refractivity contribution in [2.45, 2.75) is 19.4 Å². The Morgan fingerprint density at radius 1 is 1.15 bits per heavy atom. The zero-order valence-electron chi connectivity index (χ0n) is 11.7. The van der Waals surface area contributed by atoms with Crippen molar-refractivity contribution in [3.8, 4) is 11.5 Å². The van der Waals surface area contributed by atoms with Crippen LogP contribution in [0.2, 0.25) is 0 Å². The lowest BCUT2D eigenvalue weighted by Crippen LogP contribution is -2.02. The third-order valence-electron chi connectivity index (χ3n) is 2.93. The topological polar surface area (TPSA) is 51.6 Å². The zero-order valence-corrected chi connectivity index (χ0v) is 11.7. The number of nitrogens with zero attached hydrogens (tertiary/aromatic N) is 1. The summed E-state index contributed by atoms with van der Waals surface area (Å²) in [6.07, 6.45) is 3.48. The second kappa shape index (κ2) is 6.91. The van der Waals surface area contributed by atoms with Gasteiger partial charge in [0.25, 0.3) is 0 Å². The van der Waals surface area contributed by atoms with Crippen LogP contribution in [0.25, 0.3) is 0 Å². The molecule has 1 heterocycles. The average Bonchev–Trinajstić information content (AvgIpc) is 2.52. The Morgan fingerprint density at radius 2 is 1.95 bits per heavy atom. The van der Waals surface area contributed by atoms with Crippen LogP contribution >= 0.6 is 0 Å². The number of ether oxygens (including phenoxy) is 2. The van der Waals surface area contributed by atoms with Gasteiger partial charge in [0.1, 0.15) is 17.6 Å². The lowest BCUT2D eigenvalue weighted by Gasteiger charge is -2.13. The molecule has 2 aromatic rings. The molecule has 0 aliphatic carbocycles. The largest absolute Gasteiger partial charge is 0.497 e. The van der Waals surface area contributed by atoms with Crippen LogP contribution in [0, 0.1) is 0 Å². The minimum absolute atomic E-state index is 0.639. The molecule has 0 amide bonds. The highest BCUT2D eigenvalue weighted by molar-refractivity contribution is 5.36. The van der Waals surface area contributed by atoms with Gasteiger partial charge in [-0.05, 0) is 30.2 Å². The van der Waals surface area contributed by atoms with Crippen molar-refractivity contribution < 1.29 is 14.6 Å². The summed E-state index contributed by atoms with van der Waals surface area (Å²) in [5.41, 5.74) is 1.46. The van der Waals surface area contributed by atoms with Crippen molar-refractivity contribution in [2.75, 3.05) is 13.7 Å². The second-order valence-electron chi connectivity index (χ2n) is 4.48. The van der Waals surface area contributed by atoms with E-state index in [0.29, 0.717) is 23.7 Å². The summed E-state index contributed by atoms with van der Waals surface area (Å²) < 4.78 is 10.7. The first-order valence-corrected chi connectivity index (χ1v) is 6.64. The van der Waals surface area contributed by atoms with Crippen molar-refractivity contribution in [3.63, 3.8) is 0 Å². The summed E-state index contributed by atoms with van der Waals surface area (Å²) >= 11 is 0. The predicted octanol–water partition coefficient (Wildman–Crippen LogP) is 2.96. The minimum atomic E-state index is -0.747. The molecule has 0 bridgehead atoms. The Labute approximate surface area is 119 Å². The Kier molecular flexibility index (Phi) is 4.96. The number of hydrogen-bond acceptors (Lipinski definition) is 4. The zero-order chi connectivity index (χ0) is 14.4. The predicted molar refractivity (Wildman–Crippen MR) is 77.1 cm³/mol. The van der Waals surface area contributed by atoms with E-state index in [0.717, 1.165) is 12.0 Å². The van der Waals surface area contributed by atoms with Crippen molar-refractivity contribution in [1.82, 2.24) is 4.98 Å². The number of aliphatic hydroxyl groups excluding tert-OH is 1. The van der Waals surface area contributed by atoms with Crippen LogP contribution in [-0.2, 0) is 0 Å². The van der Waals surface area contributed by atoms with Gasteiger partial charge in [0.05, 0.1) is 19.9 Å². The van der Waals surface area contributed by atoms with Gasteiger partial charge >= 0.3 is 0 Å². The second-order valence-corrected chi connectivity index (χ2v) is 4.48. The van der Waals surface area contributed by atoms with Crippen LogP contribution < -0.4 is 9.47 Å². The SMILES string of the molecule is CCCOc1cncc(C(O)c2cccc(OC)c2)c1. The maximum absolute atomic E-state index is 10.4. The van der Waals surface area contributed by atoms with Crippen LogP contribution in [0.5, 0.6) is 11.5 Å². The fourth-order valence-corrected chi connectivity index (χ4v) is 1.89. The summed E-state index contributed by atoms with van der Waals surface area (Å²) in [5, 5.41) is 10.4. The number of benzene rings is 1. The molecule has 1 unspecified atom stereocenters. The summed E-state index contributed by atoms with van der Waals surface area (Å²) in [4.78, 5) is 4.11. The van der Waals surface area contributed by atoms with Crippen molar-refractivity contribution in [3.05, 3.63) is 53.9 Å².